The third-order valence-corrected chi connectivity index (χ3v) is 4.93. The summed E-state index contributed by atoms with van der Waals surface area (Å²) in [5, 5.41) is 4.75. The highest BCUT2D eigenvalue weighted by Gasteiger charge is 2.17. The van der Waals surface area contributed by atoms with Crippen molar-refractivity contribution in [3.8, 4) is 0 Å². The van der Waals surface area contributed by atoms with Crippen molar-refractivity contribution < 1.29 is 4.79 Å². The molecule has 2 aromatic carbocycles. The van der Waals surface area contributed by atoms with Crippen molar-refractivity contribution in [2.24, 2.45) is 0 Å². The minimum atomic E-state index is -0.0630. The number of aryl methyl sites for hydroxylation is 1. The monoisotopic (exact) mass is 329 g/mol. The van der Waals surface area contributed by atoms with Gasteiger partial charge in [-0.1, -0.05) is 49.2 Å². The molecule has 0 atom stereocenters. The second-order valence-electron chi connectivity index (χ2n) is 5.12. The number of amides is 1. The summed E-state index contributed by atoms with van der Waals surface area (Å²) in [7, 11) is 0. The molecule has 1 N–H and O–H groups in total. The van der Waals surface area contributed by atoms with Gasteiger partial charge in [-0.15, -0.1) is 11.3 Å². The van der Waals surface area contributed by atoms with Gasteiger partial charge >= 0.3 is 0 Å². The van der Waals surface area contributed by atoms with Gasteiger partial charge in [0.15, 0.2) is 0 Å². The van der Waals surface area contributed by atoms with Crippen molar-refractivity contribution in [3.63, 3.8) is 0 Å². The lowest BCUT2D eigenvalue weighted by atomic mass is 10.1. The molecule has 2 nitrogen and oxygen atoms in total. The van der Waals surface area contributed by atoms with Gasteiger partial charge in [0.25, 0.3) is 5.91 Å². The Bertz CT molecular complexity index is 825. The number of fused-ring (bicyclic) bond motifs is 1. The van der Waals surface area contributed by atoms with Crippen LogP contribution in [0.25, 0.3) is 10.1 Å². The van der Waals surface area contributed by atoms with Crippen molar-refractivity contribution in [2.45, 2.75) is 19.8 Å². The Morgan fingerprint density at radius 2 is 2.00 bits per heavy atom. The van der Waals surface area contributed by atoms with Gasteiger partial charge in [0.05, 0.1) is 4.88 Å². The van der Waals surface area contributed by atoms with Crippen LogP contribution in [0.4, 0.5) is 5.69 Å². The predicted molar refractivity (Wildman–Crippen MR) is 95.2 cm³/mol. The summed E-state index contributed by atoms with van der Waals surface area (Å²) in [5.74, 6) is -0.0630. The molecule has 0 saturated carbocycles. The summed E-state index contributed by atoms with van der Waals surface area (Å²) in [6.45, 7) is 2.13. The molecule has 0 saturated heterocycles. The maximum atomic E-state index is 12.6. The summed E-state index contributed by atoms with van der Waals surface area (Å²) < 4.78 is 1.15. The zero-order valence-corrected chi connectivity index (χ0v) is 13.8. The van der Waals surface area contributed by atoms with Crippen LogP contribution in [0.3, 0.4) is 0 Å². The highest BCUT2D eigenvalue weighted by atomic mass is 35.5. The Hall–Kier alpha value is -1.84. The molecule has 0 aliphatic heterocycles. The average molecular weight is 330 g/mol. The molecule has 1 amide bonds. The standard InChI is InChI=1S/C18H16ClNOS/c1-2-6-15-14-9-3-4-10-16(14)22-17(15)18(21)20-13-8-5-7-12(19)11-13/h3-5,7-11H,2,6H2,1H3,(H,20,21). The molecule has 3 rings (SSSR count). The highest BCUT2D eigenvalue weighted by Crippen LogP contribution is 2.32. The van der Waals surface area contributed by atoms with Crippen LogP contribution < -0.4 is 5.32 Å². The molecular formula is C18H16ClNOS. The van der Waals surface area contributed by atoms with E-state index in [1.165, 1.54) is 5.39 Å². The first-order valence-electron chi connectivity index (χ1n) is 7.26. The van der Waals surface area contributed by atoms with E-state index in [1.807, 2.05) is 24.3 Å². The lowest BCUT2D eigenvalue weighted by molar-refractivity contribution is 0.103. The van der Waals surface area contributed by atoms with Crippen LogP contribution in [0.15, 0.2) is 48.5 Å². The number of carbonyl (C=O) groups excluding carboxylic acids is 1. The maximum absolute atomic E-state index is 12.6. The van der Waals surface area contributed by atoms with E-state index in [-0.39, 0.29) is 5.91 Å². The number of nitrogens with one attached hydrogen (secondary N) is 1. The number of thiophene rings is 1. The topological polar surface area (TPSA) is 29.1 Å². The van der Waals surface area contributed by atoms with Gasteiger partial charge in [-0.3, -0.25) is 4.79 Å². The number of anilines is 1. The molecule has 112 valence electrons. The molecule has 0 aliphatic rings. The van der Waals surface area contributed by atoms with E-state index in [0.29, 0.717) is 5.02 Å². The molecule has 0 bridgehead atoms. The Morgan fingerprint density at radius 3 is 2.77 bits per heavy atom. The van der Waals surface area contributed by atoms with E-state index in [9.17, 15) is 4.79 Å². The van der Waals surface area contributed by atoms with Gasteiger partial charge in [0, 0.05) is 15.4 Å². The predicted octanol–water partition coefficient (Wildman–Crippen LogP) is 5.76. The fourth-order valence-electron chi connectivity index (χ4n) is 2.53. The summed E-state index contributed by atoms with van der Waals surface area (Å²) >= 11 is 7.52. The van der Waals surface area contributed by atoms with Gasteiger partial charge in [-0.05, 0) is 41.6 Å². The van der Waals surface area contributed by atoms with Crippen LogP contribution in [-0.2, 0) is 6.42 Å². The minimum absolute atomic E-state index is 0.0630. The average Bonchev–Trinajstić information content (AvgIpc) is 2.87. The first-order chi connectivity index (χ1) is 10.7. The van der Waals surface area contributed by atoms with Crippen molar-refractivity contribution in [1.29, 1.82) is 0 Å². The van der Waals surface area contributed by atoms with Gasteiger partial charge in [0.2, 0.25) is 0 Å². The van der Waals surface area contributed by atoms with E-state index in [1.54, 1.807) is 23.5 Å². The summed E-state index contributed by atoms with van der Waals surface area (Å²) in [6.07, 6.45) is 1.92. The fraction of sp³-hybridized carbons (Fsp3) is 0.167. The molecular weight excluding hydrogens is 314 g/mol. The summed E-state index contributed by atoms with van der Waals surface area (Å²) in [5.41, 5.74) is 1.86. The van der Waals surface area contributed by atoms with E-state index in [2.05, 4.69) is 24.4 Å². The van der Waals surface area contributed by atoms with Crippen molar-refractivity contribution in [3.05, 3.63) is 64.0 Å². The van der Waals surface area contributed by atoms with Gasteiger partial charge in [0.1, 0.15) is 0 Å². The normalized spacial score (nSPS) is 10.8. The van der Waals surface area contributed by atoms with Gasteiger partial charge in [-0.2, -0.15) is 0 Å². The van der Waals surface area contributed by atoms with E-state index >= 15 is 0 Å². The number of rotatable bonds is 4. The minimum Gasteiger partial charge on any atom is -0.321 e. The molecule has 0 unspecified atom stereocenters. The molecule has 4 heteroatoms. The second-order valence-corrected chi connectivity index (χ2v) is 6.61. The summed E-state index contributed by atoms with van der Waals surface area (Å²) in [4.78, 5) is 13.4. The quantitative estimate of drug-likeness (QED) is 0.647. The Kier molecular flexibility index (Phi) is 4.46. The molecule has 1 aromatic heterocycles. The number of benzene rings is 2. The Balaban J connectivity index is 1.98. The molecule has 3 aromatic rings. The molecule has 1 heterocycles. The van der Waals surface area contributed by atoms with Gasteiger partial charge < -0.3 is 5.32 Å². The van der Waals surface area contributed by atoms with Crippen LogP contribution in [0.5, 0.6) is 0 Å². The molecule has 0 radical (unpaired) electrons. The van der Waals surface area contributed by atoms with E-state index in [4.69, 9.17) is 11.6 Å². The van der Waals surface area contributed by atoms with Crippen molar-refractivity contribution in [2.75, 3.05) is 5.32 Å². The molecule has 0 aliphatic carbocycles. The Labute approximate surface area is 138 Å². The smallest absolute Gasteiger partial charge is 0.266 e. The number of hydrogen-bond donors (Lipinski definition) is 1. The van der Waals surface area contributed by atoms with Crippen LogP contribution in [-0.4, -0.2) is 5.91 Å². The molecule has 0 spiro atoms. The van der Waals surface area contributed by atoms with Crippen LogP contribution in [0, 0.1) is 0 Å². The first kappa shape index (κ1) is 15.1. The van der Waals surface area contributed by atoms with E-state index < -0.39 is 0 Å². The zero-order valence-electron chi connectivity index (χ0n) is 12.2. The number of halogens is 1. The second kappa shape index (κ2) is 6.51. The lowest BCUT2D eigenvalue weighted by Gasteiger charge is -2.06. The zero-order chi connectivity index (χ0) is 15.5. The van der Waals surface area contributed by atoms with E-state index in [0.717, 1.165) is 33.7 Å². The summed E-state index contributed by atoms with van der Waals surface area (Å²) in [6, 6.07) is 15.4. The van der Waals surface area contributed by atoms with Crippen LogP contribution >= 0.6 is 22.9 Å². The SMILES string of the molecule is CCCc1c(C(=O)Nc2cccc(Cl)c2)sc2ccccc12. The first-order valence-corrected chi connectivity index (χ1v) is 8.46. The third-order valence-electron chi connectivity index (χ3n) is 3.49. The van der Waals surface area contributed by atoms with Crippen LogP contribution in [0.2, 0.25) is 5.02 Å². The maximum Gasteiger partial charge on any atom is 0.266 e. The van der Waals surface area contributed by atoms with Crippen LogP contribution in [0.1, 0.15) is 28.6 Å². The number of carbonyl (C=O) groups is 1. The fourth-order valence-corrected chi connectivity index (χ4v) is 3.87. The van der Waals surface area contributed by atoms with Crippen molar-refractivity contribution in [1.82, 2.24) is 0 Å². The molecule has 22 heavy (non-hydrogen) atoms. The van der Waals surface area contributed by atoms with Crippen molar-refractivity contribution >= 4 is 44.6 Å². The molecule has 0 fully saturated rings. The highest BCUT2D eigenvalue weighted by molar-refractivity contribution is 7.21. The third kappa shape index (κ3) is 3.01. The number of hydrogen-bond acceptors (Lipinski definition) is 2. The largest absolute Gasteiger partial charge is 0.321 e. The lowest BCUT2D eigenvalue weighted by Crippen LogP contribution is -2.12. The Morgan fingerprint density at radius 1 is 1.18 bits per heavy atom. The van der Waals surface area contributed by atoms with Gasteiger partial charge in [-0.25, -0.2) is 0 Å².